The van der Waals surface area contributed by atoms with E-state index in [1.807, 2.05) is 27.7 Å². The highest BCUT2D eigenvalue weighted by Crippen LogP contribution is 2.35. The number of amides is 1. The number of fused-ring (bicyclic) bond motifs is 1. The first-order valence-corrected chi connectivity index (χ1v) is 10.6. The van der Waals surface area contributed by atoms with Crippen molar-refractivity contribution in [2.24, 2.45) is 4.99 Å². The first kappa shape index (κ1) is 19.9. The number of benzene rings is 1. The summed E-state index contributed by atoms with van der Waals surface area (Å²) in [6, 6.07) is 6.03. The van der Waals surface area contributed by atoms with Crippen LogP contribution in [0.15, 0.2) is 29.3 Å². The molecule has 3 heterocycles. The zero-order chi connectivity index (χ0) is 20.8. The maximum atomic E-state index is 13.2. The van der Waals surface area contributed by atoms with Crippen molar-refractivity contribution >= 4 is 22.9 Å². The van der Waals surface area contributed by atoms with Crippen molar-refractivity contribution in [2.45, 2.75) is 51.9 Å². The average Bonchev–Trinajstić information content (AvgIpc) is 3.28. The van der Waals surface area contributed by atoms with E-state index in [1.165, 1.54) is 12.1 Å². The van der Waals surface area contributed by atoms with Gasteiger partial charge in [0.05, 0.1) is 11.1 Å². The zero-order valence-electron chi connectivity index (χ0n) is 16.9. The SMILES string of the molecule is CC1c2nnc(C3CSC(c4ccc(F)cc4)=N3)n2CCN1C(=O)OC(C)(C)C. The molecule has 0 fully saturated rings. The molecule has 0 N–H and O–H groups in total. The van der Waals surface area contributed by atoms with E-state index in [2.05, 4.69) is 14.8 Å². The fourth-order valence-electron chi connectivity index (χ4n) is 3.48. The number of hydrogen-bond acceptors (Lipinski definition) is 6. The lowest BCUT2D eigenvalue weighted by Gasteiger charge is -2.35. The van der Waals surface area contributed by atoms with Crippen LogP contribution >= 0.6 is 11.8 Å². The Morgan fingerprint density at radius 2 is 1.86 bits per heavy atom. The standard InChI is InChI=1S/C20H24FN5O2S/c1-12-16-23-24-17(26(16)10-9-25(12)19(27)28-20(2,3)4)15-11-29-18(22-15)13-5-7-14(21)8-6-13/h5-8,12,15H,9-11H2,1-4H3. The van der Waals surface area contributed by atoms with Crippen LogP contribution < -0.4 is 0 Å². The van der Waals surface area contributed by atoms with Gasteiger partial charge in [-0.2, -0.15) is 0 Å². The van der Waals surface area contributed by atoms with Crippen LogP contribution in [0.3, 0.4) is 0 Å². The summed E-state index contributed by atoms with van der Waals surface area (Å²) in [6.45, 7) is 8.63. The number of aromatic nitrogens is 3. The highest BCUT2D eigenvalue weighted by Gasteiger charge is 2.36. The second-order valence-corrected chi connectivity index (χ2v) is 9.19. The van der Waals surface area contributed by atoms with E-state index in [1.54, 1.807) is 28.8 Å². The first-order valence-electron chi connectivity index (χ1n) is 9.62. The van der Waals surface area contributed by atoms with Gasteiger partial charge in [0.1, 0.15) is 17.5 Å². The van der Waals surface area contributed by atoms with Crippen molar-refractivity contribution in [3.8, 4) is 0 Å². The Kier molecular flexibility index (Phi) is 5.10. The molecule has 1 aromatic heterocycles. The number of thioether (sulfide) groups is 1. The van der Waals surface area contributed by atoms with Crippen molar-refractivity contribution < 1.29 is 13.9 Å². The maximum absolute atomic E-state index is 13.2. The topological polar surface area (TPSA) is 72.6 Å². The number of hydrogen-bond donors (Lipinski definition) is 0. The van der Waals surface area contributed by atoms with Gasteiger partial charge in [-0.05, 0) is 52.0 Å². The molecule has 0 aliphatic carbocycles. The largest absolute Gasteiger partial charge is 0.444 e. The molecule has 154 valence electrons. The molecule has 2 aliphatic rings. The van der Waals surface area contributed by atoms with Crippen LogP contribution in [0.2, 0.25) is 0 Å². The van der Waals surface area contributed by atoms with Crippen molar-refractivity contribution in [2.75, 3.05) is 12.3 Å². The Labute approximate surface area is 173 Å². The third kappa shape index (κ3) is 4.01. The molecule has 1 amide bonds. The second kappa shape index (κ2) is 7.44. The monoisotopic (exact) mass is 417 g/mol. The summed E-state index contributed by atoms with van der Waals surface area (Å²) in [5, 5.41) is 9.63. The van der Waals surface area contributed by atoms with Gasteiger partial charge >= 0.3 is 6.09 Å². The fourth-order valence-corrected chi connectivity index (χ4v) is 4.52. The molecule has 0 radical (unpaired) electrons. The highest BCUT2D eigenvalue weighted by atomic mass is 32.2. The number of nitrogens with zero attached hydrogens (tertiary/aromatic N) is 5. The molecule has 29 heavy (non-hydrogen) atoms. The van der Waals surface area contributed by atoms with Crippen LogP contribution in [-0.4, -0.2) is 48.7 Å². The molecule has 1 aromatic carbocycles. The van der Waals surface area contributed by atoms with Gasteiger partial charge in [-0.1, -0.05) is 0 Å². The number of rotatable bonds is 2. The molecule has 2 aromatic rings. The third-order valence-electron chi connectivity index (χ3n) is 4.88. The van der Waals surface area contributed by atoms with Gasteiger partial charge in [0.15, 0.2) is 11.6 Å². The molecule has 0 bridgehead atoms. The number of ether oxygens (including phenoxy) is 1. The summed E-state index contributed by atoms with van der Waals surface area (Å²) in [7, 11) is 0. The third-order valence-corrected chi connectivity index (χ3v) is 5.98. The normalized spacial score (nSPS) is 21.7. The Balaban J connectivity index is 1.54. The minimum absolute atomic E-state index is 0.110. The minimum atomic E-state index is -0.542. The predicted molar refractivity (Wildman–Crippen MR) is 110 cm³/mol. The van der Waals surface area contributed by atoms with Gasteiger partial charge in [0.25, 0.3) is 0 Å². The van der Waals surface area contributed by atoms with Gasteiger partial charge in [-0.25, -0.2) is 9.18 Å². The summed E-state index contributed by atoms with van der Waals surface area (Å²) in [4.78, 5) is 19.0. The Bertz CT molecular complexity index is 951. The van der Waals surface area contributed by atoms with Gasteiger partial charge in [-0.15, -0.1) is 22.0 Å². The van der Waals surface area contributed by atoms with Crippen molar-refractivity contribution in [3.05, 3.63) is 47.3 Å². The van der Waals surface area contributed by atoms with Crippen LogP contribution in [0.25, 0.3) is 0 Å². The van der Waals surface area contributed by atoms with Crippen molar-refractivity contribution in [3.63, 3.8) is 0 Å². The van der Waals surface area contributed by atoms with Gasteiger partial charge in [-0.3, -0.25) is 9.89 Å². The maximum Gasteiger partial charge on any atom is 0.410 e. The quantitative estimate of drug-likeness (QED) is 0.739. The number of carbonyl (C=O) groups excluding carboxylic acids is 1. The molecule has 0 saturated heterocycles. The van der Waals surface area contributed by atoms with Crippen molar-refractivity contribution in [1.82, 2.24) is 19.7 Å². The summed E-state index contributed by atoms with van der Waals surface area (Å²) in [6.07, 6.45) is -0.339. The van der Waals surface area contributed by atoms with Crippen LogP contribution in [0, 0.1) is 5.82 Å². The van der Waals surface area contributed by atoms with E-state index in [0.29, 0.717) is 13.1 Å². The van der Waals surface area contributed by atoms with Crippen molar-refractivity contribution in [1.29, 1.82) is 0 Å². The molecule has 2 aliphatic heterocycles. The summed E-state index contributed by atoms with van der Waals surface area (Å²) < 4.78 is 20.8. The van der Waals surface area contributed by atoms with E-state index >= 15 is 0 Å². The zero-order valence-corrected chi connectivity index (χ0v) is 17.7. The lowest BCUT2D eigenvalue weighted by Crippen LogP contribution is -2.44. The van der Waals surface area contributed by atoms with Crippen LogP contribution in [0.4, 0.5) is 9.18 Å². The Hall–Kier alpha value is -2.42. The Morgan fingerprint density at radius 3 is 2.55 bits per heavy atom. The molecule has 4 rings (SSSR count). The molecule has 0 spiro atoms. The van der Waals surface area contributed by atoms with E-state index in [-0.39, 0.29) is 24.0 Å². The summed E-state index contributed by atoms with van der Waals surface area (Å²) in [5.41, 5.74) is 0.362. The summed E-state index contributed by atoms with van der Waals surface area (Å²) in [5.74, 6) is 2.05. The smallest absolute Gasteiger partial charge is 0.410 e. The lowest BCUT2D eigenvalue weighted by atomic mass is 10.2. The highest BCUT2D eigenvalue weighted by molar-refractivity contribution is 8.14. The fraction of sp³-hybridized carbons (Fsp3) is 0.500. The number of carbonyl (C=O) groups is 1. The van der Waals surface area contributed by atoms with Crippen LogP contribution in [0.5, 0.6) is 0 Å². The molecular weight excluding hydrogens is 393 g/mol. The molecule has 9 heteroatoms. The van der Waals surface area contributed by atoms with Gasteiger partial charge in [0, 0.05) is 24.4 Å². The average molecular weight is 418 g/mol. The lowest BCUT2D eigenvalue weighted by molar-refractivity contribution is 0.0119. The molecule has 0 saturated carbocycles. The second-order valence-electron chi connectivity index (χ2n) is 8.19. The van der Waals surface area contributed by atoms with E-state index in [0.717, 1.165) is 28.0 Å². The first-order chi connectivity index (χ1) is 13.7. The number of aliphatic imine (C=N–C) groups is 1. The molecule has 2 unspecified atom stereocenters. The Morgan fingerprint density at radius 1 is 1.17 bits per heavy atom. The molecule has 7 nitrogen and oxygen atoms in total. The molecular formula is C20H24FN5O2S. The van der Waals surface area contributed by atoms with E-state index in [9.17, 15) is 9.18 Å². The minimum Gasteiger partial charge on any atom is -0.444 e. The van der Waals surface area contributed by atoms with E-state index < -0.39 is 5.60 Å². The van der Waals surface area contributed by atoms with Crippen LogP contribution in [0.1, 0.15) is 57.0 Å². The van der Waals surface area contributed by atoms with Crippen LogP contribution in [-0.2, 0) is 11.3 Å². The predicted octanol–water partition coefficient (Wildman–Crippen LogP) is 3.96. The van der Waals surface area contributed by atoms with E-state index in [4.69, 9.17) is 9.73 Å². The molecule has 2 atom stereocenters. The number of halogens is 1. The van der Waals surface area contributed by atoms with Gasteiger partial charge in [0.2, 0.25) is 0 Å². The summed E-state index contributed by atoms with van der Waals surface area (Å²) >= 11 is 1.63. The van der Waals surface area contributed by atoms with Gasteiger partial charge < -0.3 is 9.30 Å².